The third kappa shape index (κ3) is 4.54. The van der Waals surface area contributed by atoms with Gasteiger partial charge in [0, 0.05) is 5.56 Å². The molecule has 128 valence electrons. The van der Waals surface area contributed by atoms with Crippen molar-refractivity contribution < 1.29 is 4.79 Å². The number of amides is 1. The van der Waals surface area contributed by atoms with Crippen molar-refractivity contribution in [2.24, 2.45) is 5.10 Å². The van der Waals surface area contributed by atoms with Crippen LogP contribution in [0.15, 0.2) is 102 Å². The Labute approximate surface area is 153 Å². The van der Waals surface area contributed by atoms with E-state index in [2.05, 4.69) is 34.8 Å². The number of hydrazone groups is 1. The van der Waals surface area contributed by atoms with E-state index in [4.69, 9.17) is 0 Å². The molecule has 0 atom stereocenters. The lowest BCUT2D eigenvalue weighted by molar-refractivity contribution is 0.0955. The fourth-order valence-electron chi connectivity index (χ4n) is 2.60. The second-order valence-corrected chi connectivity index (χ2v) is 5.85. The molecule has 0 spiro atoms. The van der Waals surface area contributed by atoms with E-state index in [1.54, 1.807) is 12.1 Å². The number of rotatable bonds is 5. The topological polar surface area (TPSA) is 41.5 Å². The maximum absolute atomic E-state index is 12.1. The first-order valence-electron chi connectivity index (χ1n) is 8.46. The van der Waals surface area contributed by atoms with Crippen molar-refractivity contribution in [1.82, 2.24) is 5.43 Å². The van der Waals surface area contributed by atoms with Crippen LogP contribution >= 0.6 is 0 Å². The molecule has 0 unspecified atom stereocenters. The molecular formula is C23H20N2O. The fraction of sp³-hybridized carbons (Fsp3) is 0.0435. The SMILES string of the molecule is C/C(C=C(c1ccccc1)c1ccccc1)=N\NC(=O)c1ccccc1. The molecule has 1 N–H and O–H groups in total. The van der Waals surface area contributed by atoms with Crippen LogP contribution in [0.5, 0.6) is 0 Å². The van der Waals surface area contributed by atoms with Crippen LogP contribution in [-0.4, -0.2) is 11.6 Å². The molecule has 0 saturated heterocycles. The first-order valence-corrected chi connectivity index (χ1v) is 8.46. The predicted molar refractivity (Wildman–Crippen MR) is 107 cm³/mol. The zero-order chi connectivity index (χ0) is 18.2. The summed E-state index contributed by atoms with van der Waals surface area (Å²) in [4.78, 5) is 12.1. The van der Waals surface area contributed by atoms with Crippen LogP contribution in [0.3, 0.4) is 0 Å². The molecule has 0 fully saturated rings. The molecule has 3 aromatic carbocycles. The number of carbonyl (C=O) groups excluding carboxylic acids is 1. The maximum Gasteiger partial charge on any atom is 0.271 e. The molecule has 0 bridgehead atoms. The van der Waals surface area contributed by atoms with Gasteiger partial charge in [-0.05, 0) is 41.8 Å². The van der Waals surface area contributed by atoms with Gasteiger partial charge >= 0.3 is 0 Å². The minimum Gasteiger partial charge on any atom is -0.267 e. The summed E-state index contributed by atoms with van der Waals surface area (Å²) in [5.41, 5.74) is 7.17. The van der Waals surface area contributed by atoms with Gasteiger partial charge in [-0.1, -0.05) is 78.9 Å². The Balaban J connectivity index is 1.86. The number of carbonyl (C=O) groups is 1. The van der Waals surface area contributed by atoms with E-state index in [9.17, 15) is 4.79 Å². The van der Waals surface area contributed by atoms with Crippen LogP contribution in [0, 0.1) is 0 Å². The lowest BCUT2D eigenvalue weighted by Crippen LogP contribution is -2.18. The Bertz CT molecular complexity index is 873. The minimum absolute atomic E-state index is 0.223. The summed E-state index contributed by atoms with van der Waals surface area (Å²) in [5.74, 6) is -0.223. The second kappa shape index (κ2) is 8.58. The van der Waals surface area contributed by atoms with E-state index in [0.29, 0.717) is 5.56 Å². The molecule has 0 aliphatic heterocycles. The standard InChI is InChI=1S/C23H20N2O/c1-18(24-25-23(26)21-15-9-4-10-16-21)17-22(19-11-5-2-6-12-19)20-13-7-3-8-14-20/h2-17H,1H3,(H,25,26)/b24-18+. The summed E-state index contributed by atoms with van der Waals surface area (Å²) >= 11 is 0. The summed E-state index contributed by atoms with van der Waals surface area (Å²) in [6, 6.07) is 29.3. The number of hydrogen-bond acceptors (Lipinski definition) is 2. The smallest absolute Gasteiger partial charge is 0.267 e. The Morgan fingerprint density at radius 2 is 1.15 bits per heavy atom. The first kappa shape index (κ1) is 17.4. The lowest BCUT2D eigenvalue weighted by atomic mass is 9.97. The average Bonchev–Trinajstić information content (AvgIpc) is 2.72. The van der Waals surface area contributed by atoms with Crippen LogP contribution in [0.1, 0.15) is 28.4 Å². The van der Waals surface area contributed by atoms with Gasteiger partial charge < -0.3 is 0 Å². The summed E-state index contributed by atoms with van der Waals surface area (Å²) < 4.78 is 0. The van der Waals surface area contributed by atoms with Gasteiger partial charge in [-0.15, -0.1) is 0 Å². The number of allylic oxidation sites excluding steroid dienone is 1. The maximum atomic E-state index is 12.1. The number of nitrogens with zero attached hydrogens (tertiary/aromatic N) is 1. The fourth-order valence-corrected chi connectivity index (χ4v) is 2.60. The third-order valence-electron chi connectivity index (χ3n) is 3.89. The van der Waals surface area contributed by atoms with E-state index in [1.807, 2.05) is 67.6 Å². The quantitative estimate of drug-likeness (QED) is 0.519. The molecule has 3 heteroatoms. The molecule has 0 aliphatic rings. The zero-order valence-electron chi connectivity index (χ0n) is 14.6. The van der Waals surface area contributed by atoms with Gasteiger partial charge in [0.15, 0.2) is 0 Å². The number of nitrogens with one attached hydrogen (secondary N) is 1. The van der Waals surface area contributed by atoms with Crippen molar-refractivity contribution in [1.29, 1.82) is 0 Å². The molecule has 3 aromatic rings. The molecule has 26 heavy (non-hydrogen) atoms. The molecule has 0 saturated carbocycles. The molecule has 3 nitrogen and oxygen atoms in total. The number of hydrogen-bond donors (Lipinski definition) is 1. The van der Waals surface area contributed by atoms with E-state index in [1.165, 1.54) is 0 Å². The van der Waals surface area contributed by atoms with Gasteiger partial charge in [0.2, 0.25) is 0 Å². The highest BCUT2D eigenvalue weighted by Crippen LogP contribution is 2.23. The zero-order valence-corrected chi connectivity index (χ0v) is 14.6. The van der Waals surface area contributed by atoms with Crippen molar-refractivity contribution in [3.05, 3.63) is 114 Å². The van der Waals surface area contributed by atoms with Crippen LogP contribution in [0.4, 0.5) is 0 Å². The van der Waals surface area contributed by atoms with Gasteiger partial charge in [-0.3, -0.25) is 4.79 Å². The number of benzene rings is 3. The normalized spacial score (nSPS) is 10.9. The van der Waals surface area contributed by atoms with E-state index in [0.717, 1.165) is 22.4 Å². The third-order valence-corrected chi connectivity index (χ3v) is 3.89. The van der Waals surface area contributed by atoms with Crippen LogP contribution < -0.4 is 5.43 Å². The van der Waals surface area contributed by atoms with Crippen molar-refractivity contribution in [3.8, 4) is 0 Å². The monoisotopic (exact) mass is 340 g/mol. The summed E-state index contributed by atoms with van der Waals surface area (Å²) in [5, 5.41) is 4.23. The highest BCUT2D eigenvalue weighted by atomic mass is 16.2. The van der Waals surface area contributed by atoms with Crippen LogP contribution in [0.25, 0.3) is 5.57 Å². The minimum atomic E-state index is -0.223. The van der Waals surface area contributed by atoms with Crippen LogP contribution in [-0.2, 0) is 0 Å². The van der Waals surface area contributed by atoms with Gasteiger partial charge in [0.25, 0.3) is 5.91 Å². The Morgan fingerprint density at radius 3 is 1.62 bits per heavy atom. The average molecular weight is 340 g/mol. The van der Waals surface area contributed by atoms with Crippen molar-refractivity contribution >= 4 is 17.2 Å². The molecule has 0 aromatic heterocycles. The molecule has 1 amide bonds. The Hall–Kier alpha value is -3.46. The highest BCUT2D eigenvalue weighted by molar-refractivity contribution is 6.03. The van der Waals surface area contributed by atoms with E-state index >= 15 is 0 Å². The van der Waals surface area contributed by atoms with Crippen molar-refractivity contribution in [2.75, 3.05) is 0 Å². The van der Waals surface area contributed by atoms with Gasteiger partial charge in [0.1, 0.15) is 0 Å². The predicted octanol–water partition coefficient (Wildman–Crippen LogP) is 4.92. The van der Waals surface area contributed by atoms with E-state index in [-0.39, 0.29) is 5.91 Å². The Kier molecular flexibility index (Phi) is 5.73. The van der Waals surface area contributed by atoms with Gasteiger partial charge in [0.05, 0.1) is 5.71 Å². The summed E-state index contributed by atoms with van der Waals surface area (Å²) in [6.45, 7) is 1.87. The van der Waals surface area contributed by atoms with E-state index < -0.39 is 0 Å². The molecular weight excluding hydrogens is 320 g/mol. The van der Waals surface area contributed by atoms with Crippen LogP contribution in [0.2, 0.25) is 0 Å². The second-order valence-electron chi connectivity index (χ2n) is 5.85. The molecule has 0 aliphatic carbocycles. The first-order chi connectivity index (χ1) is 12.7. The summed E-state index contributed by atoms with van der Waals surface area (Å²) in [7, 11) is 0. The lowest BCUT2D eigenvalue weighted by Gasteiger charge is -2.09. The van der Waals surface area contributed by atoms with Crippen molar-refractivity contribution in [3.63, 3.8) is 0 Å². The molecule has 3 rings (SSSR count). The molecule has 0 heterocycles. The highest BCUT2D eigenvalue weighted by Gasteiger charge is 2.06. The van der Waals surface area contributed by atoms with Gasteiger partial charge in [-0.2, -0.15) is 5.10 Å². The van der Waals surface area contributed by atoms with Gasteiger partial charge in [-0.25, -0.2) is 5.43 Å². The van der Waals surface area contributed by atoms with Crippen molar-refractivity contribution in [2.45, 2.75) is 6.92 Å². The molecule has 0 radical (unpaired) electrons. The Morgan fingerprint density at radius 1 is 0.731 bits per heavy atom. The largest absolute Gasteiger partial charge is 0.271 e. The summed E-state index contributed by atoms with van der Waals surface area (Å²) in [6.07, 6.45) is 1.98.